The number of nitrogens with zero attached hydrogens (tertiary/aromatic N) is 2. The van der Waals surface area contributed by atoms with E-state index in [2.05, 4.69) is 9.24 Å². The Hall–Kier alpha value is -1.68. The molecule has 24 heavy (non-hydrogen) atoms. The van der Waals surface area contributed by atoms with Gasteiger partial charge in [0, 0.05) is 43.6 Å². The molecule has 2 aliphatic rings. The van der Waals surface area contributed by atoms with Crippen molar-refractivity contribution in [3.63, 3.8) is 0 Å². The second-order valence-electron chi connectivity index (χ2n) is 6.28. The first-order chi connectivity index (χ1) is 11.5. The zero-order valence-corrected chi connectivity index (χ0v) is 15.1. The van der Waals surface area contributed by atoms with Crippen molar-refractivity contribution in [3.05, 3.63) is 23.5 Å². The van der Waals surface area contributed by atoms with Crippen LogP contribution in [0, 0.1) is 5.82 Å². The lowest BCUT2D eigenvalue weighted by molar-refractivity contribution is -0.139. The van der Waals surface area contributed by atoms with Crippen molar-refractivity contribution in [2.45, 2.75) is 31.7 Å². The van der Waals surface area contributed by atoms with Gasteiger partial charge in [-0.3, -0.25) is 9.59 Å². The van der Waals surface area contributed by atoms with Crippen LogP contribution in [-0.2, 0) is 9.59 Å². The first-order valence-electron chi connectivity index (χ1n) is 8.17. The number of carbonyl (C=O) groups is 2. The maximum Gasteiger partial charge on any atom is 0.245 e. The molecule has 0 aromatic heterocycles. The van der Waals surface area contributed by atoms with Crippen molar-refractivity contribution < 1.29 is 18.7 Å². The number of benzene rings is 1. The lowest BCUT2D eigenvalue weighted by atomic mass is 9.97. The number of likely N-dealkylation sites (tertiary alicyclic amines) is 2. The van der Waals surface area contributed by atoms with Crippen molar-refractivity contribution in [1.82, 2.24) is 9.80 Å². The highest BCUT2D eigenvalue weighted by Gasteiger charge is 2.43. The molecule has 5 nitrogen and oxygen atoms in total. The van der Waals surface area contributed by atoms with Crippen molar-refractivity contribution >= 4 is 26.4 Å². The van der Waals surface area contributed by atoms with Gasteiger partial charge in [-0.15, -0.1) is 9.24 Å². The molecule has 2 amide bonds. The van der Waals surface area contributed by atoms with E-state index in [1.54, 1.807) is 15.9 Å². The average Bonchev–Trinajstić information content (AvgIpc) is 3.09. The van der Waals surface area contributed by atoms with E-state index in [1.165, 1.54) is 13.2 Å². The second kappa shape index (κ2) is 6.67. The molecule has 3 atom stereocenters. The van der Waals surface area contributed by atoms with Crippen LogP contribution in [0.1, 0.15) is 31.2 Å². The molecule has 2 fully saturated rings. The molecule has 2 unspecified atom stereocenters. The number of methoxy groups -OCH3 is 1. The van der Waals surface area contributed by atoms with E-state index in [1.807, 2.05) is 6.92 Å². The van der Waals surface area contributed by atoms with Gasteiger partial charge in [0.15, 0.2) is 0 Å². The summed E-state index contributed by atoms with van der Waals surface area (Å²) >= 11 is 0. The summed E-state index contributed by atoms with van der Waals surface area (Å²) in [6, 6.07) is 2.70. The number of carbonyl (C=O) groups excluding carboxylic acids is 2. The van der Waals surface area contributed by atoms with Crippen LogP contribution in [0.15, 0.2) is 12.1 Å². The smallest absolute Gasteiger partial charge is 0.245 e. The third-order valence-corrected chi connectivity index (χ3v) is 5.44. The summed E-state index contributed by atoms with van der Waals surface area (Å²) < 4.78 is 19.6. The summed E-state index contributed by atoms with van der Waals surface area (Å²) in [7, 11) is 4.01. The molecule has 0 spiro atoms. The first-order valence-corrected chi connectivity index (χ1v) is 8.75. The second-order valence-corrected chi connectivity index (χ2v) is 6.90. The highest BCUT2D eigenvalue weighted by atomic mass is 31.0. The third-order valence-electron chi connectivity index (χ3n) is 4.96. The molecule has 0 N–H and O–H groups in total. The standard InChI is InChI=1S/C17H22FN2O3P/c1-3-19-5-4-13(17(19)22)20-9-10(6-15(20)21)16-12(18)7-11(23-2)8-14(16)24/h7-8,10,13H,3-6,9,24H2,1-2H3/t10-,13?/m0/s1. The Morgan fingerprint density at radius 1 is 1.38 bits per heavy atom. The monoisotopic (exact) mass is 352 g/mol. The van der Waals surface area contributed by atoms with Crippen molar-refractivity contribution in [2.75, 3.05) is 26.7 Å². The van der Waals surface area contributed by atoms with Crippen LogP contribution in [0.2, 0.25) is 0 Å². The Bertz CT molecular complexity index is 659. The molecule has 130 valence electrons. The maximum absolute atomic E-state index is 14.5. The molecule has 0 aliphatic carbocycles. The zero-order valence-electron chi connectivity index (χ0n) is 13.9. The van der Waals surface area contributed by atoms with Gasteiger partial charge in [0.2, 0.25) is 11.8 Å². The lowest BCUT2D eigenvalue weighted by Gasteiger charge is -2.24. The minimum Gasteiger partial charge on any atom is -0.497 e. The summed E-state index contributed by atoms with van der Waals surface area (Å²) in [6.45, 7) is 3.66. The summed E-state index contributed by atoms with van der Waals surface area (Å²) in [5.41, 5.74) is 0.523. The van der Waals surface area contributed by atoms with Crippen molar-refractivity contribution in [1.29, 1.82) is 0 Å². The van der Waals surface area contributed by atoms with E-state index in [4.69, 9.17) is 4.74 Å². The fourth-order valence-corrected chi connectivity index (χ4v) is 4.25. The summed E-state index contributed by atoms with van der Waals surface area (Å²) in [5.74, 6) is -0.220. The number of likely N-dealkylation sites (N-methyl/N-ethyl adjacent to an activating group) is 1. The number of halogens is 1. The van der Waals surface area contributed by atoms with Gasteiger partial charge in [0.05, 0.1) is 7.11 Å². The minimum absolute atomic E-state index is 0.00722. The Morgan fingerprint density at radius 3 is 2.71 bits per heavy atom. The average molecular weight is 352 g/mol. The Morgan fingerprint density at radius 2 is 2.12 bits per heavy atom. The molecule has 1 aromatic rings. The first kappa shape index (κ1) is 17.2. The molecule has 2 heterocycles. The van der Waals surface area contributed by atoms with Gasteiger partial charge in [-0.25, -0.2) is 4.39 Å². The fourth-order valence-electron chi connectivity index (χ4n) is 3.71. The van der Waals surface area contributed by atoms with Crippen molar-refractivity contribution in [2.24, 2.45) is 0 Å². The van der Waals surface area contributed by atoms with Crippen LogP contribution < -0.4 is 10.0 Å². The molecule has 1 aromatic carbocycles. The van der Waals surface area contributed by atoms with Crippen molar-refractivity contribution in [3.8, 4) is 5.75 Å². The highest BCUT2D eigenvalue weighted by molar-refractivity contribution is 7.27. The van der Waals surface area contributed by atoms with E-state index in [0.717, 1.165) is 0 Å². The third kappa shape index (κ3) is 2.88. The van der Waals surface area contributed by atoms with Crippen LogP contribution >= 0.6 is 9.24 Å². The molecular weight excluding hydrogens is 330 g/mol. The molecule has 7 heteroatoms. The summed E-state index contributed by atoms with van der Waals surface area (Å²) in [4.78, 5) is 28.2. The summed E-state index contributed by atoms with van der Waals surface area (Å²) in [5, 5.41) is 0.694. The molecule has 0 bridgehead atoms. The normalized spacial score (nSPS) is 24.2. The summed E-state index contributed by atoms with van der Waals surface area (Å²) in [6.07, 6.45) is 0.893. The van der Waals surface area contributed by atoms with E-state index in [9.17, 15) is 14.0 Å². The van der Waals surface area contributed by atoms with E-state index in [0.29, 0.717) is 42.7 Å². The molecule has 0 saturated carbocycles. The molecule has 2 aliphatic heterocycles. The molecule has 0 radical (unpaired) electrons. The van der Waals surface area contributed by atoms with E-state index >= 15 is 0 Å². The molecular formula is C17H22FN2O3P. The van der Waals surface area contributed by atoms with Crippen LogP contribution in [0.4, 0.5) is 4.39 Å². The van der Waals surface area contributed by atoms with Gasteiger partial charge in [0.1, 0.15) is 17.6 Å². The van der Waals surface area contributed by atoms with Crippen LogP contribution in [0.3, 0.4) is 0 Å². The number of ether oxygens (including phenoxy) is 1. The Labute approximate surface area is 143 Å². The number of hydrogen-bond acceptors (Lipinski definition) is 3. The van der Waals surface area contributed by atoms with Gasteiger partial charge in [-0.1, -0.05) is 0 Å². The molecule has 3 rings (SSSR count). The number of hydrogen-bond donors (Lipinski definition) is 0. The highest BCUT2D eigenvalue weighted by Crippen LogP contribution is 2.34. The Kier molecular flexibility index (Phi) is 4.77. The van der Waals surface area contributed by atoms with Crippen LogP contribution in [0.25, 0.3) is 0 Å². The number of rotatable bonds is 4. The maximum atomic E-state index is 14.5. The van der Waals surface area contributed by atoms with Gasteiger partial charge in [-0.05, 0) is 24.7 Å². The SMILES string of the molecule is CCN1CCC(N2C[C@@H](c3c(F)cc(OC)cc3P)CC2=O)C1=O. The predicted octanol–water partition coefficient (Wildman–Crippen LogP) is 1.27. The quantitative estimate of drug-likeness (QED) is 0.767. The Balaban J connectivity index is 1.82. The van der Waals surface area contributed by atoms with Crippen LogP contribution in [-0.4, -0.2) is 54.4 Å². The lowest BCUT2D eigenvalue weighted by Crippen LogP contribution is -2.42. The van der Waals surface area contributed by atoms with E-state index < -0.39 is 6.04 Å². The topological polar surface area (TPSA) is 49.9 Å². The zero-order chi connectivity index (χ0) is 17.4. The van der Waals surface area contributed by atoms with Gasteiger partial charge < -0.3 is 14.5 Å². The molecule has 2 saturated heterocycles. The van der Waals surface area contributed by atoms with Gasteiger partial charge in [-0.2, -0.15) is 0 Å². The number of amides is 2. The van der Waals surface area contributed by atoms with E-state index in [-0.39, 0.29) is 30.0 Å². The minimum atomic E-state index is -0.392. The van der Waals surface area contributed by atoms with Crippen LogP contribution in [0.5, 0.6) is 5.75 Å². The fraction of sp³-hybridized carbons (Fsp3) is 0.529. The predicted molar refractivity (Wildman–Crippen MR) is 92.0 cm³/mol. The largest absolute Gasteiger partial charge is 0.497 e. The van der Waals surface area contributed by atoms with Gasteiger partial charge in [0.25, 0.3) is 0 Å². The van der Waals surface area contributed by atoms with Gasteiger partial charge >= 0.3 is 0 Å².